The van der Waals surface area contributed by atoms with Gasteiger partial charge in [-0.15, -0.1) is 0 Å². The highest BCUT2D eigenvalue weighted by molar-refractivity contribution is 6.74. The number of ether oxygens (including phenoxy) is 1. The van der Waals surface area contributed by atoms with Gasteiger partial charge in [0.1, 0.15) is 12.4 Å². The number of aldehydes is 1. The Bertz CT molecular complexity index is 507. The Labute approximate surface area is 141 Å². The molecule has 0 N–H and O–H groups in total. The lowest BCUT2D eigenvalue weighted by molar-refractivity contribution is -0.115. The third kappa shape index (κ3) is 5.00. The molecule has 2 rings (SSSR count). The molecule has 0 aromatic heterocycles. The molecule has 1 aliphatic rings. The zero-order chi connectivity index (χ0) is 17.1. The number of hydrogen-bond acceptors (Lipinski definition) is 3. The average molecular weight is 335 g/mol. The van der Waals surface area contributed by atoms with Crippen LogP contribution >= 0.6 is 0 Å². The summed E-state index contributed by atoms with van der Waals surface area (Å²) in [6.07, 6.45) is 1.77. The van der Waals surface area contributed by atoms with E-state index in [2.05, 4.69) is 46.0 Å². The molecule has 0 saturated heterocycles. The van der Waals surface area contributed by atoms with E-state index in [1.807, 2.05) is 18.2 Å². The van der Waals surface area contributed by atoms with E-state index in [1.165, 1.54) is 5.56 Å². The first-order valence-corrected chi connectivity index (χ1v) is 11.4. The lowest BCUT2D eigenvalue weighted by Gasteiger charge is -2.38. The second-order valence-electron chi connectivity index (χ2n) is 8.14. The standard InChI is InChI=1S/C19H30O3Si/c1-19(2,3)23(4,5)22-18(12-20)17-11-16(17)14-21-13-15-9-7-6-8-10-15/h6-10,12,16-18H,11,13-14H2,1-5H3/t16-,17-,18+/m1/s1. The highest BCUT2D eigenvalue weighted by Gasteiger charge is 2.48. The Morgan fingerprint density at radius 2 is 1.91 bits per heavy atom. The van der Waals surface area contributed by atoms with Crippen LogP contribution < -0.4 is 0 Å². The van der Waals surface area contributed by atoms with E-state index < -0.39 is 8.32 Å². The fourth-order valence-electron chi connectivity index (χ4n) is 2.50. The van der Waals surface area contributed by atoms with E-state index in [0.717, 1.165) is 12.7 Å². The Morgan fingerprint density at radius 1 is 1.26 bits per heavy atom. The first-order chi connectivity index (χ1) is 10.7. The molecule has 1 aromatic carbocycles. The van der Waals surface area contributed by atoms with E-state index in [0.29, 0.717) is 25.0 Å². The molecule has 3 atom stereocenters. The summed E-state index contributed by atoms with van der Waals surface area (Å²) >= 11 is 0. The highest BCUT2D eigenvalue weighted by atomic mass is 28.4. The van der Waals surface area contributed by atoms with E-state index in [-0.39, 0.29) is 11.1 Å². The fourth-order valence-corrected chi connectivity index (χ4v) is 3.76. The van der Waals surface area contributed by atoms with Crippen molar-refractivity contribution >= 4 is 14.6 Å². The third-order valence-corrected chi connectivity index (χ3v) is 9.69. The van der Waals surface area contributed by atoms with E-state index in [1.54, 1.807) is 0 Å². The van der Waals surface area contributed by atoms with Crippen LogP contribution in [0.15, 0.2) is 30.3 Å². The summed E-state index contributed by atoms with van der Waals surface area (Å²) in [6.45, 7) is 12.4. The molecule has 23 heavy (non-hydrogen) atoms. The molecular formula is C19H30O3Si. The van der Waals surface area contributed by atoms with Crippen molar-refractivity contribution in [3.05, 3.63) is 35.9 Å². The molecule has 0 amide bonds. The SMILES string of the molecule is CC(C)(C)[Si](C)(C)O[C@@H](C=O)[C@@H]1C[C@@H]1COCc1ccccc1. The summed E-state index contributed by atoms with van der Waals surface area (Å²) in [4.78, 5) is 11.5. The maximum Gasteiger partial charge on any atom is 0.193 e. The highest BCUT2D eigenvalue weighted by Crippen LogP contribution is 2.45. The van der Waals surface area contributed by atoms with Crippen LogP contribution in [0.3, 0.4) is 0 Å². The van der Waals surface area contributed by atoms with Gasteiger partial charge in [-0.1, -0.05) is 51.1 Å². The normalized spacial score (nSPS) is 22.7. The Hall–Kier alpha value is -0.973. The van der Waals surface area contributed by atoms with Crippen molar-refractivity contribution in [2.45, 2.75) is 58.0 Å². The van der Waals surface area contributed by atoms with Crippen molar-refractivity contribution in [3.63, 3.8) is 0 Å². The van der Waals surface area contributed by atoms with Crippen molar-refractivity contribution in [3.8, 4) is 0 Å². The van der Waals surface area contributed by atoms with Gasteiger partial charge in [0.2, 0.25) is 0 Å². The van der Waals surface area contributed by atoms with Crippen LogP contribution in [0.5, 0.6) is 0 Å². The number of benzene rings is 1. The lowest BCUT2D eigenvalue weighted by atomic mass is 10.2. The number of carbonyl (C=O) groups is 1. The number of carbonyl (C=O) groups excluding carboxylic acids is 1. The van der Waals surface area contributed by atoms with Crippen molar-refractivity contribution in [2.24, 2.45) is 11.8 Å². The molecular weight excluding hydrogens is 304 g/mol. The topological polar surface area (TPSA) is 35.5 Å². The first-order valence-electron chi connectivity index (χ1n) is 8.49. The molecule has 1 fully saturated rings. The molecule has 1 saturated carbocycles. The maximum absolute atomic E-state index is 11.5. The Balaban J connectivity index is 1.78. The second kappa shape index (κ2) is 7.28. The average Bonchev–Trinajstić information content (AvgIpc) is 3.24. The van der Waals surface area contributed by atoms with Crippen molar-refractivity contribution < 1.29 is 14.0 Å². The summed E-state index contributed by atoms with van der Waals surface area (Å²) in [5, 5.41) is 0.127. The van der Waals surface area contributed by atoms with Crippen LogP contribution in [0.2, 0.25) is 18.1 Å². The smallest absolute Gasteiger partial charge is 0.193 e. The third-order valence-electron chi connectivity index (χ3n) is 5.21. The van der Waals surface area contributed by atoms with E-state index >= 15 is 0 Å². The van der Waals surface area contributed by atoms with Crippen molar-refractivity contribution in [1.82, 2.24) is 0 Å². The molecule has 128 valence electrons. The quantitative estimate of drug-likeness (QED) is 0.521. The van der Waals surface area contributed by atoms with Gasteiger partial charge in [-0.3, -0.25) is 0 Å². The number of hydrogen-bond donors (Lipinski definition) is 0. The van der Waals surface area contributed by atoms with Gasteiger partial charge in [0.15, 0.2) is 8.32 Å². The zero-order valence-corrected chi connectivity index (χ0v) is 16.0. The summed E-state index contributed by atoms with van der Waals surface area (Å²) in [6, 6.07) is 10.2. The van der Waals surface area contributed by atoms with Crippen LogP contribution in [-0.2, 0) is 20.6 Å². The van der Waals surface area contributed by atoms with Gasteiger partial charge in [-0.2, -0.15) is 0 Å². The second-order valence-corrected chi connectivity index (χ2v) is 12.9. The molecule has 0 spiro atoms. The lowest BCUT2D eigenvalue weighted by Crippen LogP contribution is -2.45. The molecule has 1 aliphatic carbocycles. The zero-order valence-electron chi connectivity index (χ0n) is 15.0. The Morgan fingerprint density at radius 3 is 2.48 bits per heavy atom. The maximum atomic E-state index is 11.5. The van der Waals surface area contributed by atoms with Gasteiger partial charge in [0, 0.05) is 0 Å². The molecule has 0 heterocycles. The summed E-state index contributed by atoms with van der Waals surface area (Å²) < 4.78 is 12.1. The minimum atomic E-state index is -1.90. The minimum Gasteiger partial charge on any atom is -0.407 e. The van der Waals surface area contributed by atoms with Crippen LogP contribution in [0.4, 0.5) is 0 Å². The summed E-state index contributed by atoms with van der Waals surface area (Å²) in [5.41, 5.74) is 1.19. The molecule has 0 radical (unpaired) electrons. The predicted octanol–water partition coefficient (Wildman–Crippen LogP) is 4.43. The molecule has 0 aliphatic heterocycles. The van der Waals surface area contributed by atoms with Gasteiger partial charge in [0.05, 0.1) is 13.2 Å². The molecule has 3 nitrogen and oxygen atoms in total. The largest absolute Gasteiger partial charge is 0.407 e. The molecule has 1 aromatic rings. The molecule has 0 unspecified atom stereocenters. The van der Waals surface area contributed by atoms with Crippen molar-refractivity contribution in [1.29, 1.82) is 0 Å². The van der Waals surface area contributed by atoms with Gasteiger partial charge in [-0.05, 0) is 42.0 Å². The van der Waals surface area contributed by atoms with E-state index in [4.69, 9.17) is 9.16 Å². The van der Waals surface area contributed by atoms with Crippen LogP contribution in [0.25, 0.3) is 0 Å². The fraction of sp³-hybridized carbons (Fsp3) is 0.632. The van der Waals surface area contributed by atoms with Crippen molar-refractivity contribution in [2.75, 3.05) is 6.61 Å². The first kappa shape index (κ1) is 18.4. The molecule has 4 heteroatoms. The van der Waals surface area contributed by atoms with Crippen LogP contribution in [-0.4, -0.2) is 27.3 Å². The minimum absolute atomic E-state index is 0.127. The van der Waals surface area contributed by atoms with Crippen LogP contribution in [0.1, 0.15) is 32.8 Å². The van der Waals surface area contributed by atoms with Gasteiger partial charge in [-0.25, -0.2) is 0 Å². The molecule has 0 bridgehead atoms. The predicted molar refractivity (Wildman–Crippen MR) is 95.8 cm³/mol. The van der Waals surface area contributed by atoms with E-state index in [9.17, 15) is 4.79 Å². The summed E-state index contributed by atoms with van der Waals surface area (Å²) in [5.74, 6) is 0.788. The summed E-state index contributed by atoms with van der Waals surface area (Å²) in [7, 11) is -1.90. The number of rotatable bonds is 8. The monoisotopic (exact) mass is 334 g/mol. The van der Waals surface area contributed by atoms with Gasteiger partial charge >= 0.3 is 0 Å². The Kier molecular flexibility index (Phi) is 5.82. The van der Waals surface area contributed by atoms with Gasteiger partial charge < -0.3 is 14.0 Å². The van der Waals surface area contributed by atoms with Crippen LogP contribution in [0, 0.1) is 11.8 Å². The van der Waals surface area contributed by atoms with Gasteiger partial charge in [0.25, 0.3) is 0 Å².